The molecule has 0 unspecified atom stereocenters. The molecule has 0 aliphatic rings. The van der Waals surface area contributed by atoms with Crippen molar-refractivity contribution in [3.8, 4) is 0 Å². The summed E-state index contributed by atoms with van der Waals surface area (Å²) in [5.74, 6) is -1.10. The van der Waals surface area contributed by atoms with Gasteiger partial charge in [-0.2, -0.15) is 0 Å². The van der Waals surface area contributed by atoms with E-state index in [4.69, 9.17) is 5.73 Å². The zero-order chi connectivity index (χ0) is 16.5. The quantitative estimate of drug-likeness (QED) is 0.225. The third-order valence-electron chi connectivity index (χ3n) is 3.54. The summed E-state index contributed by atoms with van der Waals surface area (Å²) in [6, 6.07) is 0. The van der Waals surface area contributed by atoms with E-state index in [1.165, 1.54) is 44.9 Å². The second kappa shape index (κ2) is 16.2. The molecular formula is C18H33NO3. The lowest BCUT2D eigenvalue weighted by molar-refractivity contribution is -0.158. The fraction of sp³-hybridized carbons (Fsp3) is 0.778. The summed E-state index contributed by atoms with van der Waals surface area (Å²) >= 11 is 0. The number of carbonyl (C=O) groups is 2. The van der Waals surface area contributed by atoms with Crippen molar-refractivity contribution >= 4 is 11.9 Å². The summed E-state index contributed by atoms with van der Waals surface area (Å²) in [6.07, 6.45) is 17.9. The zero-order valence-corrected chi connectivity index (χ0v) is 14.1. The molecule has 4 nitrogen and oxygen atoms in total. The van der Waals surface area contributed by atoms with Crippen molar-refractivity contribution < 1.29 is 14.3 Å². The highest BCUT2D eigenvalue weighted by Crippen LogP contribution is 2.09. The van der Waals surface area contributed by atoms with Crippen LogP contribution in [0.3, 0.4) is 0 Å². The van der Waals surface area contributed by atoms with E-state index < -0.39 is 11.9 Å². The van der Waals surface area contributed by atoms with Crippen LogP contribution in [-0.4, -0.2) is 18.5 Å². The molecule has 0 bridgehead atoms. The van der Waals surface area contributed by atoms with E-state index in [1.54, 1.807) is 0 Å². The maximum absolute atomic E-state index is 11.2. The van der Waals surface area contributed by atoms with Crippen molar-refractivity contribution in [2.45, 2.75) is 84.0 Å². The first-order valence-electron chi connectivity index (χ1n) is 8.79. The normalized spacial score (nSPS) is 11.0. The van der Waals surface area contributed by atoms with Gasteiger partial charge in [-0.25, -0.2) is 0 Å². The van der Waals surface area contributed by atoms with Crippen molar-refractivity contribution in [1.29, 1.82) is 0 Å². The van der Waals surface area contributed by atoms with Crippen LogP contribution >= 0.6 is 0 Å². The molecule has 0 radical (unpaired) electrons. The second-order valence-corrected chi connectivity index (χ2v) is 5.68. The van der Waals surface area contributed by atoms with Crippen molar-refractivity contribution in [2.24, 2.45) is 5.73 Å². The third-order valence-corrected chi connectivity index (χ3v) is 3.54. The first-order chi connectivity index (χ1) is 10.7. The van der Waals surface area contributed by atoms with Crippen LogP contribution in [0, 0.1) is 0 Å². The van der Waals surface area contributed by atoms with Gasteiger partial charge in [0.1, 0.15) is 0 Å². The highest BCUT2D eigenvalue weighted by molar-refractivity contribution is 5.86. The third kappa shape index (κ3) is 15.2. The van der Waals surface area contributed by atoms with Crippen LogP contribution in [-0.2, 0) is 14.3 Å². The molecule has 0 rings (SSSR count). The molecule has 0 heterocycles. The fourth-order valence-electron chi connectivity index (χ4n) is 2.21. The topological polar surface area (TPSA) is 69.4 Å². The fourth-order valence-corrected chi connectivity index (χ4v) is 2.21. The maximum atomic E-state index is 11.2. The molecule has 0 amide bonds. The number of allylic oxidation sites excluding steroid dienone is 2. The molecule has 0 atom stereocenters. The minimum Gasteiger partial charge on any atom is -0.392 e. The monoisotopic (exact) mass is 311 g/mol. The minimum atomic E-state index is -0.647. The molecule has 0 saturated heterocycles. The van der Waals surface area contributed by atoms with Crippen LogP contribution in [0.15, 0.2) is 12.2 Å². The summed E-state index contributed by atoms with van der Waals surface area (Å²) in [4.78, 5) is 22.0. The van der Waals surface area contributed by atoms with Gasteiger partial charge in [-0.05, 0) is 32.1 Å². The molecule has 0 aromatic rings. The number of hydrogen-bond acceptors (Lipinski definition) is 4. The largest absolute Gasteiger partial charge is 0.392 e. The Labute approximate surface area is 135 Å². The predicted octanol–water partition coefficient (Wildman–Crippen LogP) is 4.27. The van der Waals surface area contributed by atoms with E-state index in [9.17, 15) is 9.59 Å². The van der Waals surface area contributed by atoms with Crippen LogP contribution in [0.25, 0.3) is 0 Å². The lowest BCUT2D eigenvalue weighted by Gasteiger charge is -2.01. The predicted molar refractivity (Wildman–Crippen MR) is 90.4 cm³/mol. The number of carbonyl (C=O) groups excluding carboxylic acids is 2. The Morgan fingerprint density at radius 1 is 0.818 bits per heavy atom. The molecule has 0 aromatic carbocycles. The molecule has 0 saturated carbocycles. The van der Waals surface area contributed by atoms with E-state index >= 15 is 0 Å². The number of unbranched alkanes of at least 4 members (excludes halogenated alkanes) is 9. The summed E-state index contributed by atoms with van der Waals surface area (Å²) in [5, 5.41) is 0. The lowest BCUT2D eigenvalue weighted by Crippen LogP contribution is -2.20. The molecule has 0 aliphatic carbocycles. The molecule has 128 valence electrons. The molecule has 0 spiro atoms. The number of ether oxygens (including phenoxy) is 1. The van der Waals surface area contributed by atoms with E-state index in [0.29, 0.717) is 6.42 Å². The van der Waals surface area contributed by atoms with Gasteiger partial charge in [-0.3, -0.25) is 9.59 Å². The van der Waals surface area contributed by atoms with E-state index in [1.807, 2.05) is 0 Å². The SMILES string of the molecule is CCCCCC/C=C\CCCCCCCC(=O)OC(=O)CN. The number of rotatable bonds is 14. The summed E-state index contributed by atoms with van der Waals surface area (Å²) < 4.78 is 4.49. The van der Waals surface area contributed by atoms with Gasteiger partial charge < -0.3 is 10.5 Å². The van der Waals surface area contributed by atoms with E-state index in [0.717, 1.165) is 25.7 Å². The van der Waals surface area contributed by atoms with Crippen molar-refractivity contribution in [3.63, 3.8) is 0 Å². The summed E-state index contributed by atoms with van der Waals surface area (Å²) in [7, 11) is 0. The Balaban J connectivity index is 3.25. The van der Waals surface area contributed by atoms with Crippen molar-refractivity contribution in [3.05, 3.63) is 12.2 Å². The van der Waals surface area contributed by atoms with Gasteiger partial charge in [-0.15, -0.1) is 0 Å². The Bertz CT molecular complexity index is 313. The van der Waals surface area contributed by atoms with Crippen molar-refractivity contribution in [1.82, 2.24) is 0 Å². The number of esters is 2. The van der Waals surface area contributed by atoms with Gasteiger partial charge in [0.25, 0.3) is 0 Å². The molecule has 4 heteroatoms. The van der Waals surface area contributed by atoms with Crippen molar-refractivity contribution in [2.75, 3.05) is 6.54 Å². The summed E-state index contributed by atoms with van der Waals surface area (Å²) in [6.45, 7) is 2.00. The highest BCUT2D eigenvalue weighted by atomic mass is 16.6. The highest BCUT2D eigenvalue weighted by Gasteiger charge is 2.07. The first-order valence-corrected chi connectivity index (χ1v) is 8.79. The molecule has 22 heavy (non-hydrogen) atoms. The van der Waals surface area contributed by atoms with Crippen LogP contribution in [0.1, 0.15) is 84.0 Å². The van der Waals surface area contributed by atoms with Gasteiger partial charge in [0.15, 0.2) is 0 Å². The average Bonchev–Trinajstić information content (AvgIpc) is 2.51. The second-order valence-electron chi connectivity index (χ2n) is 5.68. The Kier molecular flexibility index (Phi) is 15.4. The van der Waals surface area contributed by atoms with E-state index in [2.05, 4.69) is 23.8 Å². The Morgan fingerprint density at radius 3 is 1.95 bits per heavy atom. The standard InChI is InChI=1S/C18H33NO3/c1-2-3-4-5-6-7-8-9-10-11-12-13-14-15-17(20)22-18(21)16-19/h7-8H,2-6,9-16,19H2,1H3/b8-7-. The van der Waals surface area contributed by atoms with Crippen LogP contribution < -0.4 is 5.73 Å². The smallest absolute Gasteiger partial charge is 0.327 e. The Morgan fingerprint density at radius 2 is 1.36 bits per heavy atom. The Hall–Kier alpha value is -1.16. The minimum absolute atomic E-state index is 0.238. The van der Waals surface area contributed by atoms with E-state index in [-0.39, 0.29) is 6.54 Å². The van der Waals surface area contributed by atoms with Crippen LogP contribution in [0.4, 0.5) is 0 Å². The number of hydrogen-bond donors (Lipinski definition) is 1. The molecule has 0 aromatic heterocycles. The van der Waals surface area contributed by atoms with Gasteiger partial charge in [0, 0.05) is 6.42 Å². The summed E-state index contributed by atoms with van der Waals surface area (Å²) in [5.41, 5.74) is 5.06. The van der Waals surface area contributed by atoms with Gasteiger partial charge in [0.05, 0.1) is 6.54 Å². The molecule has 0 aliphatic heterocycles. The first kappa shape index (κ1) is 20.8. The zero-order valence-electron chi connectivity index (χ0n) is 14.1. The molecular weight excluding hydrogens is 278 g/mol. The average molecular weight is 311 g/mol. The number of nitrogens with two attached hydrogens (primary N) is 1. The lowest BCUT2D eigenvalue weighted by atomic mass is 10.1. The maximum Gasteiger partial charge on any atom is 0.327 e. The van der Waals surface area contributed by atoms with Crippen LogP contribution in [0.5, 0.6) is 0 Å². The molecule has 0 fully saturated rings. The van der Waals surface area contributed by atoms with Gasteiger partial charge >= 0.3 is 11.9 Å². The van der Waals surface area contributed by atoms with Crippen LogP contribution in [0.2, 0.25) is 0 Å². The van der Waals surface area contributed by atoms with Gasteiger partial charge in [0.2, 0.25) is 0 Å². The molecule has 2 N–H and O–H groups in total. The van der Waals surface area contributed by atoms with Gasteiger partial charge in [-0.1, -0.05) is 57.6 Å².